The van der Waals surface area contributed by atoms with Gasteiger partial charge in [-0.05, 0) is 12.1 Å². The Balaban J connectivity index is 3.05. The lowest BCUT2D eigenvalue weighted by molar-refractivity contribution is -0.383. The molecule has 0 atom stereocenters. The van der Waals surface area contributed by atoms with Crippen molar-refractivity contribution in [2.24, 2.45) is 5.73 Å². The van der Waals surface area contributed by atoms with Crippen molar-refractivity contribution >= 4 is 17.1 Å². The van der Waals surface area contributed by atoms with Crippen LogP contribution in [0.15, 0.2) is 18.2 Å². The largest absolute Gasteiger partial charge is 0.378 e. The lowest BCUT2D eigenvalue weighted by atomic mass is 10.2. The van der Waals surface area contributed by atoms with Gasteiger partial charge in [-0.1, -0.05) is 0 Å². The number of hydrogen-bond donors (Lipinski definition) is 2. The molecule has 0 saturated carbocycles. The van der Waals surface area contributed by atoms with Crippen LogP contribution in [0, 0.1) is 10.1 Å². The minimum atomic E-state index is -0.404. The summed E-state index contributed by atoms with van der Waals surface area (Å²) < 4.78 is 0. The number of hydrogen-bond acceptors (Lipinski definition) is 5. The molecular weight excluding hydrogens is 208 g/mol. The Morgan fingerprint density at radius 2 is 2.19 bits per heavy atom. The Morgan fingerprint density at radius 3 is 2.69 bits per heavy atom. The van der Waals surface area contributed by atoms with Crippen molar-refractivity contribution in [1.29, 1.82) is 0 Å². The molecule has 0 fully saturated rings. The first-order chi connectivity index (χ1) is 7.56. The first kappa shape index (κ1) is 12.3. The Morgan fingerprint density at radius 1 is 1.50 bits per heavy atom. The lowest BCUT2D eigenvalue weighted by Gasteiger charge is -2.14. The van der Waals surface area contributed by atoms with Crippen molar-refractivity contribution < 1.29 is 4.92 Å². The van der Waals surface area contributed by atoms with Gasteiger partial charge >= 0.3 is 0 Å². The van der Waals surface area contributed by atoms with Crippen molar-refractivity contribution in [3.63, 3.8) is 0 Å². The SMILES string of the molecule is CN(C)c1ccc([N+](=O)[O-])c(NCCN)c1. The van der Waals surface area contributed by atoms with Gasteiger partial charge in [-0.25, -0.2) is 0 Å². The Labute approximate surface area is 94.2 Å². The van der Waals surface area contributed by atoms with Crippen LogP contribution in [0.1, 0.15) is 0 Å². The summed E-state index contributed by atoms with van der Waals surface area (Å²) in [5.41, 5.74) is 6.84. The van der Waals surface area contributed by atoms with Crippen LogP contribution in [-0.2, 0) is 0 Å². The zero-order valence-corrected chi connectivity index (χ0v) is 9.43. The van der Waals surface area contributed by atoms with Crippen molar-refractivity contribution in [3.05, 3.63) is 28.3 Å². The topological polar surface area (TPSA) is 84.4 Å². The predicted octanol–water partition coefficient (Wildman–Crippen LogP) is 1.03. The predicted molar refractivity (Wildman–Crippen MR) is 65.0 cm³/mol. The molecule has 16 heavy (non-hydrogen) atoms. The van der Waals surface area contributed by atoms with E-state index < -0.39 is 4.92 Å². The molecule has 0 amide bonds. The van der Waals surface area contributed by atoms with Gasteiger partial charge in [0.25, 0.3) is 5.69 Å². The molecular formula is C10H16N4O2. The molecule has 0 unspecified atom stereocenters. The van der Waals surface area contributed by atoms with Gasteiger partial charge in [-0.2, -0.15) is 0 Å². The second kappa shape index (κ2) is 5.32. The molecule has 88 valence electrons. The van der Waals surface area contributed by atoms with Crippen LogP contribution in [0.5, 0.6) is 0 Å². The van der Waals surface area contributed by atoms with E-state index in [1.165, 1.54) is 6.07 Å². The molecule has 0 radical (unpaired) electrons. The quantitative estimate of drug-likeness (QED) is 0.576. The molecule has 1 aromatic rings. The standard InChI is InChI=1S/C10H16N4O2/c1-13(2)8-3-4-10(14(15)16)9(7-8)12-6-5-11/h3-4,7,12H,5-6,11H2,1-2H3. The molecule has 0 heterocycles. The molecule has 3 N–H and O–H groups in total. The van der Waals surface area contributed by atoms with Crippen molar-refractivity contribution in [3.8, 4) is 0 Å². The molecule has 0 aliphatic heterocycles. The highest BCUT2D eigenvalue weighted by Gasteiger charge is 2.13. The summed E-state index contributed by atoms with van der Waals surface area (Å²) in [6.07, 6.45) is 0. The molecule has 0 spiro atoms. The van der Waals surface area contributed by atoms with E-state index in [0.717, 1.165) is 5.69 Å². The highest BCUT2D eigenvalue weighted by Crippen LogP contribution is 2.28. The third-order valence-electron chi connectivity index (χ3n) is 2.15. The van der Waals surface area contributed by atoms with Gasteiger partial charge in [-0.3, -0.25) is 10.1 Å². The first-order valence-electron chi connectivity index (χ1n) is 4.96. The second-order valence-corrected chi connectivity index (χ2v) is 3.57. The summed E-state index contributed by atoms with van der Waals surface area (Å²) in [6, 6.07) is 4.95. The molecule has 0 aromatic heterocycles. The minimum Gasteiger partial charge on any atom is -0.378 e. The van der Waals surface area contributed by atoms with E-state index in [1.54, 1.807) is 12.1 Å². The second-order valence-electron chi connectivity index (χ2n) is 3.57. The summed E-state index contributed by atoms with van der Waals surface area (Å²) in [6.45, 7) is 0.946. The molecule has 0 saturated heterocycles. The average molecular weight is 224 g/mol. The van der Waals surface area contributed by atoms with Crippen molar-refractivity contribution in [1.82, 2.24) is 0 Å². The maximum atomic E-state index is 10.8. The smallest absolute Gasteiger partial charge is 0.292 e. The van der Waals surface area contributed by atoms with E-state index in [2.05, 4.69) is 5.32 Å². The van der Waals surface area contributed by atoms with Gasteiger partial charge in [0.2, 0.25) is 0 Å². The van der Waals surface area contributed by atoms with Crippen LogP contribution in [0.25, 0.3) is 0 Å². The van der Waals surface area contributed by atoms with Crippen LogP contribution in [-0.4, -0.2) is 32.1 Å². The third kappa shape index (κ3) is 2.83. The molecule has 6 heteroatoms. The average Bonchev–Trinajstić information content (AvgIpc) is 2.25. The molecule has 0 aliphatic carbocycles. The first-order valence-corrected chi connectivity index (χ1v) is 4.96. The van der Waals surface area contributed by atoms with Crippen LogP contribution in [0.4, 0.5) is 17.1 Å². The zero-order valence-electron chi connectivity index (χ0n) is 9.43. The third-order valence-corrected chi connectivity index (χ3v) is 2.15. The van der Waals surface area contributed by atoms with Crippen LogP contribution in [0.3, 0.4) is 0 Å². The number of nitrogens with two attached hydrogens (primary N) is 1. The van der Waals surface area contributed by atoms with Crippen LogP contribution in [0.2, 0.25) is 0 Å². The Kier molecular flexibility index (Phi) is 4.07. The van der Waals surface area contributed by atoms with Gasteiger partial charge < -0.3 is 16.0 Å². The molecule has 1 rings (SSSR count). The molecule has 6 nitrogen and oxygen atoms in total. The maximum absolute atomic E-state index is 10.8. The number of benzene rings is 1. The van der Waals surface area contributed by atoms with E-state index in [-0.39, 0.29) is 5.69 Å². The Hall–Kier alpha value is -1.82. The zero-order chi connectivity index (χ0) is 12.1. The number of anilines is 2. The van der Waals surface area contributed by atoms with Crippen LogP contribution < -0.4 is 16.0 Å². The van der Waals surface area contributed by atoms with E-state index >= 15 is 0 Å². The fourth-order valence-corrected chi connectivity index (χ4v) is 1.31. The molecule has 0 bridgehead atoms. The fraction of sp³-hybridized carbons (Fsp3) is 0.400. The summed E-state index contributed by atoms with van der Waals surface area (Å²) in [5.74, 6) is 0. The number of nitrogens with one attached hydrogen (secondary N) is 1. The highest BCUT2D eigenvalue weighted by atomic mass is 16.6. The summed E-state index contributed by atoms with van der Waals surface area (Å²) in [5, 5.41) is 13.7. The van der Waals surface area contributed by atoms with Crippen molar-refractivity contribution in [2.75, 3.05) is 37.4 Å². The monoisotopic (exact) mass is 224 g/mol. The normalized spacial score (nSPS) is 9.94. The fourth-order valence-electron chi connectivity index (χ4n) is 1.31. The number of rotatable bonds is 5. The maximum Gasteiger partial charge on any atom is 0.292 e. The highest BCUT2D eigenvalue weighted by molar-refractivity contribution is 5.68. The van der Waals surface area contributed by atoms with Gasteiger partial charge in [-0.15, -0.1) is 0 Å². The van der Waals surface area contributed by atoms with Crippen molar-refractivity contribution in [2.45, 2.75) is 0 Å². The Bertz CT molecular complexity index is 379. The van der Waals surface area contributed by atoms with E-state index in [4.69, 9.17) is 5.73 Å². The lowest BCUT2D eigenvalue weighted by Crippen LogP contribution is -2.15. The number of nitro benzene ring substituents is 1. The van der Waals surface area contributed by atoms with E-state index in [0.29, 0.717) is 18.8 Å². The summed E-state index contributed by atoms with van der Waals surface area (Å²) >= 11 is 0. The molecule has 1 aromatic carbocycles. The van der Waals surface area contributed by atoms with Gasteiger partial charge in [0.05, 0.1) is 4.92 Å². The van der Waals surface area contributed by atoms with Gasteiger partial charge in [0.1, 0.15) is 5.69 Å². The number of nitrogens with zero attached hydrogens (tertiary/aromatic N) is 2. The van der Waals surface area contributed by atoms with E-state index in [1.807, 2.05) is 19.0 Å². The van der Waals surface area contributed by atoms with Crippen LogP contribution >= 0.6 is 0 Å². The number of nitro groups is 1. The summed E-state index contributed by atoms with van der Waals surface area (Å²) in [7, 11) is 3.77. The van der Waals surface area contributed by atoms with E-state index in [9.17, 15) is 10.1 Å². The van der Waals surface area contributed by atoms with Gasteiger partial charge in [0.15, 0.2) is 0 Å². The minimum absolute atomic E-state index is 0.0686. The molecule has 0 aliphatic rings. The summed E-state index contributed by atoms with van der Waals surface area (Å²) in [4.78, 5) is 12.3. The van der Waals surface area contributed by atoms with Gasteiger partial charge in [0, 0.05) is 38.9 Å².